The van der Waals surface area contributed by atoms with Gasteiger partial charge >= 0.3 is 0 Å². The van der Waals surface area contributed by atoms with Gasteiger partial charge in [0.1, 0.15) is 0 Å². The molecule has 1 unspecified atom stereocenters. The third-order valence-electron chi connectivity index (χ3n) is 2.70. The highest BCUT2D eigenvalue weighted by Gasteiger charge is 2.17. The lowest BCUT2D eigenvalue weighted by atomic mass is 10.1. The van der Waals surface area contributed by atoms with E-state index in [4.69, 9.17) is 0 Å². The molecule has 0 aliphatic carbocycles. The maximum atomic E-state index is 12.1. The molecule has 1 aromatic carbocycles. The molecule has 1 heterocycles. The second-order valence-electron chi connectivity index (χ2n) is 4.20. The Morgan fingerprint density at radius 2 is 1.89 bits per heavy atom. The van der Waals surface area contributed by atoms with E-state index in [2.05, 4.69) is 9.82 Å². The van der Waals surface area contributed by atoms with Crippen molar-refractivity contribution in [3.8, 4) is 0 Å². The van der Waals surface area contributed by atoms with Crippen LogP contribution in [0.3, 0.4) is 0 Å². The lowest BCUT2D eigenvalue weighted by Gasteiger charge is -2.09. The Bertz CT molecular complexity index is 660. The van der Waals surface area contributed by atoms with Crippen LogP contribution < -0.4 is 4.72 Å². The van der Waals surface area contributed by atoms with Crippen LogP contribution in [-0.2, 0) is 17.1 Å². The molecule has 2 aromatic rings. The number of sulfonamides is 1. The van der Waals surface area contributed by atoms with Crippen LogP contribution in [0.2, 0.25) is 0 Å². The molecule has 19 heavy (non-hydrogen) atoms. The first-order valence-electron chi connectivity index (χ1n) is 5.69. The van der Waals surface area contributed by atoms with E-state index in [1.807, 2.05) is 0 Å². The average molecular weight is 281 g/mol. The summed E-state index contributed by atoms with van der Waals surface area (Å²) in [6, 6.07) is 7.98. The summed E-state index contributed by atoms with van der Waals surface area (Å²) in [4.78, 5) is 0. The number of nitrogens with one attached hydrogen (secondary N) is 1. The average Bonchev–Trinajstić information content (AvgIpc) is 2.76. The molecular weight excluding hydrogens is 266 g/mol. The van der Waals surface area contributed by atoms with Crippen LogP contribution in [0.1, 0.15) is 18.6 Å². The van der Waals surface area contributed by atoms with E-state index in [9.17, 15) is 13.5 Å². The summed E-state index contributed by atoms with van der Waals surface area (Å²) in [5.74, 6) is 0. The molecule has 102 valence electrons. The quantitative estimate of drug-likeness (QED) is 0.884. The predicted molar refractivity (Wildman–Crippen MR) is 71.1 cm³/mol. The SMILES string of the molecule is CC(O)c1ccc(NS(=O)(=O)c2ccnn2C)cc1. The van der Waals surface area contributed by atoms with Gasteiger partial charge < -0.3 is 5.11 Å². The molecule has 1 aromatic heterocycles. The Balaban J connectivity index is 2.24. The number of aromatic nitrogens is 2. The van der Waals surface area contributed by atoms with Crippen LogP contribution in [0, 0.1) is 0 Å². The number of aliphatic hydroxyl groups excluding tert-OH is 1. The zero-order chi connectivity index (χ0) is 14.0. The second kappa shape index (κ2) is 5.02. The highest BCUT2D eigenvalue weighted by Crippen LogP contribution is 2.18. The fourth-order valence-electron chi connectivity index (χ4n) is 1.66. The fraction of sp³-hybridized carbons (Fsp3) is 0.250. The van der Waals surface area contributed by atoms with Crippen molar-refractivity contribution < 1.29 is 13.5 Å². The number of rotatable bonds is 4. The number of nitrogens with zero attached hydrogens (tertiary/aromatic N) is 2. The molecule has 0 fully saturated rings. The molecule has 7 heteroatoms. The van der Waals surface area contributed by atoms with Gasteiger partial charge in [-0.05, 0) is 30.7 Å². The van der Waals surface area contributed by atoms with Crippen molar-refractivity contribution in [1.82, 2.24) is 9.78 Å². The molecule has 0 aliphatic rings. The number of aliphatic hydroxyl groups is 1. The molecule has 0 saturated heterocycles. The first-order chi connectivity index (χ1) is 8.90. The van der Waals surface area contributed by atoms with Gasteiger partial charge in [0.05, 0.1) is 12.3 Å². The van der Waals surface area contributed by atoms with Gasteiger partial charge in [-0.15, -0.1) is 0 Å². The smallest absolute Gasteiger partial charge is 0.279 e. The maximum absolute atomic E-state index is 12.1. The Morgan fingerprint density at radius 1 is 1.26 bits per heavy atom. The van der Waals surface area contributed by atoms with Crippen LogP contribution in [0.5, 0.6) is 0 Å². The summed E-state index contributed by atoms with van der Waals surface area (Å²) >= 11 is 0. The third-order valence-corrected chi connectivity index (χ3v) is 4.15. The summed E-state index contributed by atoms with van der Waals surface area (Å²) in [7, 11) is -2.09. The Morgan fingerprint density at radius 3 is 2.37 bits per heavy atom. The molecule has 1 atom stereocenters. The summed E-state index contributed by atoms with van der Waals surface area (Å²) in [5.41, 5.74) is 1.16. The van der Waals surface area contributed by atoms with Crippen LogP contribution >= 0.6 is 0 Å². The Kier molecular flexibility index (Phi) is 3.59. The molecule has 2 N–H and O–H groups in total. The lowest BCUT2D eigenvalue weighted by Crippen LogP contribution is -2.16. The minimum Gasteiger partial charge on any atom is -0.389 e. The van der Waals surface area contributed by atoms with E-state index in [0.29, 0.717) is 5.69 Å². The molecule has 0 spiro atoms. The Hall–Kier alpha value is -1.86. The molecular formula is C12H15N3O3S. The lowest BCUT2D eigenvalue weighted by molar-refractivity contribution is 0.199. The molecule has 0 amide bonds. The minimum atomic E-state index is -3.65. The van der Waals surface area contributed by atoms with Crippen LogP contribution in [0.15, 0.2) is 41.6 Å². The van der Waals surface area contributed by atoms with Gasteiger partial charge in [-0.2, -0.15) is 13.5 Å². The van der Waals surface area contributed by atoms with Gasteiger partial charge in [-0.3, -0.25) is 9.40 Å². The van der Waals surface area contributed by atoms with Crippen LogP contribution in [-0.4, -0.2) is 23.3 Å². The van der Waals surface area contributed by atoms with E-state index in [0.717, 1.165) is 5.56 Å². The number of benzene rings is 1. The van der Waals surface area contributed by atoms with Crippen molar-refractivity contribution in [3.63, 3.8) is 0 Å². The van der Waals surface area contributed by atoms with E-state index < -0.39 is 16.1 Å². The number of anilines is 1. The molecule has 0 radical (unpaired) electrons. The predicted octanol–water partition coefficient (Wildman–Crippen LogP) is 1.27. The van der Waals surface area contributed by atoms with Gasteiger partial charge in [-0.1, -0.05) is 12.1 Å². The monoisotopic (exact) mass is 281 g/mol. The standard InChI is InChI=1S/C12H15N3O3S/c1-9(16)10-3-5-11(6-4-10)14-19(17,18)12-7-8-13-15(12)2/h3-9,14,16H,1-2H3. The van der Waals surface area contributed by atoms with Crippen molar-refractivity contribution in [3.05, 3.63) is 42.1 Å². The minimum absolute atomic E-state index is 0.0899. The van der Waals surface area contributed by atoms with Gasteiger partial charge in [0.15, 0.2) is 5.03 Å². The molecule has 0 bridgehead atoms. The first kappa shape index (κ1) is 13.6. The van der Waals surface area contributed by atoms with Crippen LogP contribution in [0.4, 0.5) is 5.69 Å². The molecule has 6 nitrogen and oxygen atoms in total. The maximum Gasteiger partial charge on any atom is 0.279 e. The number of hydrogen-bond acceptors (Lipinski definition) is 4. The third kappa shape index (κ3) is 2.94. The van der Waals surface area contributed by atoms with E-state index >= 15 is 0 Å². The second-order valence-corrected chi connectivity index (χ2v) is 5.83. The van der Waals surface area contributed by atoms with Gasteiger partial charge in [-0.25, -0.2) is 0 Å². The highest BCUT2D eigenvalue weighted by molar-refractivity contribution is 7.92. The largest absolute Gasteiger partial charge is 0.389 e. The molecule has 2 rings (SSSR count). The summed E-state index contributed by atoms with van der Waals surface area (Å²) in [6.07, 6.45) is 0.841. The summed E-state index contributed by atoms with van der Waals surface area (Å²) in [6.45, 7) is 1.65. The molecule has 0 saturated carbocycles. The number of aryl methyl sites for hydroxylation is 1. The summed E-state index contributed by atoms with van der Waals surface area (Å²) < 4.78 is 27.9. The van der Waals surface area contributed by atoms with Gasteiger partial charge in [0.2, 0.25) is 0 Å². The van der Waals surface area contributed by atoms with E-state index in [1.165, 1.54) is 16.9 Å². The number of hydrogen-bond donors (Lipinski definition) is 2. The van der Waals surface area contributed by atoms with Gasteiger partial charge in [0.25, 0.3) is 10.0 Å². The van der Waals surface area contributed by atoms with E-state index in [1.54, 1.807) is 38.2 Å². The van der Waals surface area contributed by atoms with Crippen molar-refractivity contribution in [2.24, 2.45) is 7.05 Å². The molecule has 0 aliphatic heterocycles. The van der Waals surface area contributed by atoms with Crippen molar-refractivity contribution in [2.75, 3.05) is 4.72 Å². The van der Waals surface area contributed by atoms with Gasteiger partial charge in [0, 0.05) is 12.7 Å². The fourth-order valence-corrected chi connectivity index (χ4v) is 2.85. The van der Waals surface area contributed by atoms with Crippen molar-refractivity contribution in [2.45, 2.75) is 18.1 Å². The summed E-state index contributed by atoms with van der Waals surface area (Å²) in [5, 5.41) is 13.3. The highest BCUT2D eigenvalue weighted by atomic mass is 32.2. The van der Waals surface area contributed by atoms with E-state index in [-0.39, 0.29) is 5.03 Å². The zero-order valence-corrected chi connectivity index (χ0v) is 11.4. The van der Waals surface area contributed by atoms with Crippen LogP contribution in [0.25, 0.3) is 0 Å². The van der Waals surface area contributed by atoms with Crippen molar-refractivity contribution >= 4 is 15.7 Å². The zero-order valence-electron chi connectivity index (χ0n) is 10.6. The van der Waals surface area contributed by atoms with Crippen molar-refractivity contribution in [1.29, 1.82) is 0 Å². The first-order valence-corrected chi connectivity index (χ1v) is 7.17. The Labute approximate surface area is 111 Å². The topological polar surface area (TPSA) is 84.2 Å². The normalized spacial score (nSPS) is 13.2.